The lowest BCUT2D eigenvalue weighted by Crippen LogP contribution is -2.36. The zero-order chi connectivity index (χ0) is 13.1. The lowest BCUT2D eigenvalue weighted by molar-refractivity contribution is 0.114. The Hall–Kier alpha value is -1.13. The van der Waals surface area contributed by atoms with Gasteiger partial charge in [-0.2, -0.15) is 0 Å². The normalized spacial score (nSPS) is 25.9. The van der Waals surface area contributed by atoms with Gasteiger partial charge in [0.25, 0.3) is 0 Å². The molecule has 1 saturated carbocycles. The Morgan fingerprint density at radius 3 is 2.56 bits per heavy atom. The molecule has 100 valence electrons. The molecule has 0 aromatic heterocycles. The SMILES string of the molecule is CC(NC1CCC(O)CC1)c1ccc(O)cc1F. The average Bonchev–Trinajstić information content (AvgIpc) is 2.32. The minimum absolute atomic E-state index is 0.0516. The third kappa shape index (κ3) is 3.21. The van der Waals surface area contributed by atoms with Crippen LogP contribution in [0.3, 0.4) is 0 Å². The van der Waals surface area contributed by atoms with E-state index in [1.54, 1.807) is 6.07 Å². The van der Waals surface area contributed by atoms with E-state index in [-0.39, 0.29) is 23.7 Å². The Balaban J connectivity index is 1.97. The van der Waals surface area contributed by atoms with Crippen molar-refractivity contribution in [3.8, 4) is 5.75 Å². The van der Waals surface area contributed by atoms with Crippen LogP contribution in [-0.4, -0.2) is 22.4 Å². The van der Waals surface area contributed by atoms with Crippen molar-refractivity contribution in [3.63, 3.8) is 0 Å². The summed E-state index contributed by atoms with van der Waals surface area (Å²) in [6.07, 6.45) is 3.28. The van der Waals surface area contributed by atoms with Gasteiger partial charge in [-0.3, -0.25) is 0 Å². The summed E-state index contributed by atoms with van der Waals surface area (Å²) in [5.74, 6) is -0.435. The van der Waals surface area contributed by atoms with E-state index < -0.39 is 0 Å². The van der Waals surface area contributed by atoms with Gasteiger partial charge in [0.05, 0.1) is 6.10 Å². The highest BCUT2D eigenvalue weighted by Crippen LogP contribution is 2.24. The molecular formula is C14H20FNO2. The first-order chi connectivity index (χ1) is 8.56. The maximum absolute atomic E-state index is 13.7. The number of phenolic OH excluding ortho intramolecular Hbond substituents is 1. The maximum Gasteiger partial charge on any atom is 0.131 e. The second-order valence-corrected chi connectivity index (χ2v) is 5.10. The molecule has 3 nitrogen and oxygen atoms in total. The second-order valence-electron chi connectivity index (χ2n) is 5.10. The molecule has 2 rings (SSSR count). The molecule has 1 atom stereocenters. The Labute approximate surface area is 107 Å². The molecule has 0 saturated heterocycles. The van der Waals surface area contributed by atoms with Gasteiger partial charge in [0.1, 0.15) is 11.6 Å². The molecule has 1 fully saturated rings. The monoisotopic (exact) mass is 253 g/mol. The number of hydrogen-bond acceptors (Lipinski definition) is 3. The zero-order valence-corrected chi connectivity index (χ0v) is 10.6. The van der Waals surface area contributed by atoms with Gasteiger partial charge in [0, 0.05) is 23.7 Å². The van der Waals surface area contributed by atoms with E-state index in [1.165, 1.54) is 6.07 Å². The fourth-order valence-corrected chi connectivity index (χ4v) is 2.55. The van der Waals surface area contributed by atoms with Crippen LogP contribution in [0.1, 0.15) is 44.2 Å². The van der Waals surface area contributed by atoms with Crippen LogP contribution in [0, 0.1) is 5.82 Å². The van der Waals surface area contributed by atoms with Crippen LogP contribution >= 0.6 is 0 Å². The molecule has 1 aliphatic carbocycles. The van der Waals surface area contributed by atoms with Gasteiger partial charge >= 0.3 is 0 Å². The van der Waals surface area contributed by atoms with Crippen LogP contribution in [0.2, 0.25) is 0 Å². The van der Waals surface area contributed by atoms with Crippen LogP contribution in [0.25, 0.3) is 0 Å². The van der Waals surface area contributed by atoms with Crippen LogP contribution in [-0.2, 0) is 0 Å². The highest BCUT2D eigenvalue weighted by molar-refractivity contribution is 5.29. The molecule has 1 unspecified atom stereocenters. The molecule has 18 heavy (non-hydrogen) atoms. The summed E-state index contributed by atoms with van der Waals surface area (Å²) in [5, 5.41) is 22.0. The van der Waals surface area contributed by atoms with Crippen molar-refractivity contribution in [1.29, 1.82) is 0 Å². The molecule has 1 aromatic carbocycles. The van der Waals surface area contributed by atoms with Crippen molar-refractivity contribution < 1.29 is 14.6 Å². The van der Waals surface area contributed by atoms with E-state index in [0.717, 1.165) is 31.7 Å². The molecule has 1 aromatic rings. The number of aliphatic hydroxyl groups excluding tert-OH is 1. The molecule has 0 radical (unpaired) electrons. The van der Waals surface area contributed by atoms with Crippen molar-refractivity contribution in [2.24, 2.45) is 0 Å². The van der Waals surface area contributed by atoms with Gasteiger partial charge in [-0.05, 0) is 38.7 Å². The average molecular weight is 253 g/mol. The summed E-state index contributed by atoms with van der Waals surface area (Å²) >= 11 is 0. The largest absolute Gasteiger partial charge is 0.508 e. The fourth-order valence-electron chi connectivity index (χ4n) is 2.55. The summed E-state index contributed by atoms with van der Waals surface area (Å²) in [4.78, 5) is 0. The minimum Gasteiger partial charge on any atom is -0.508 e. The molecular weight excluding hydrogens is 233 g/mol. The number of nitrogens with one attached hydrogen (secondary N) is 1. The molecule has 0 amide bonds. The molecule has 1 aliphatic rings. The van der Waals surface area contributed by atoms with Gasteiger partial charge in [0.15, 0.2) is 0 Å². The first kappa shape index (κ1) is 13.3. The van der Waals surface area contributed by atoms with E-state index in [9.17, 15) is 14.6 Å². The standard InChI is InChI=1S/C14H20FNO2/c1-9(13-7-6-12(18)8-14(13)15)16-10-2-4-11(17)5-3-10/h6-11,16-18H,2-5H2,1H3. The minimum atomic E-state index is -0.383. The summed E-state index contributed by atoms with van der Waals surface area (Å²) in [6.45, 7) is 1.92. The first-order valence-electron chi connectivity index (χ1n) is 6.49. The number of aliphatic hydroxyl groups is 1. The van der Waals surface area contributed by atoms with E-state index in [1.807, 2.05) is 6.92 Å². The van der Waals surface area contributed by atoms with Gasteiger partial charge in [-0.25, -0.2) is 4.39 Å². The molecule has 0 spiro atoms. The Morgan fingerprint density at radius 2 is 1.94 bits per heavy atom. The highest BCUT2D eigenvalue weighted by atomic mass is 19.1. The number of rotatable bonds is 3. The third-order valence-electron chi connectivity index (χ3n) is 3.63. The summed E-state index contributed by atoms with van der Waals surface area (Å²) in [5.41, 5.74) is 0.568. The van der Waals surface area contributed by atoms with Crippen molar-refractivity contribution >= 4 is 0 Å². The van der Waals surface area contributed by atoms with E-state index in [4.69, 9.17) is 0 Å². The van der Waals surface area contributed by atoms with Gasteiger partial charge in [-0.15, -0.1) is 0 Å². The van der Waals surface area contributed by atoms with Gasteiger partial charge < -0.3 is 15.5 Å². The maximum atomic E-state index is 13.7. The van der Waals surface area contributed by atoms with Crippen LogP contribution < -0.4 is 5.32 Å². The molecule has 4 heteroatoms. The van der Waals surface area contributed by atoms with E-state index in [0.29, 0.717) is 11.6 Å². The lowest BCUT2D eigenvalue weighted by atomic mass is 9.92. The highest BCUT2D eigenvalue weighted by Gasteiger charge is 2.21. The number of halogens is 1. The smallest absolute Gasteiger partial charge is 0.131 e. The lowest BCUT2D eigenvalue weighted by Gasteiger charge is -2.29. The first-order valence-corrected chi connectivity index (χ1v) is 6.49. The number of benzene rings is 1. The molecule has 0 bridgehead atoms. The molecule has 3 N–H and O–H groups in total. The van der Waals surface area contributed by atoms with Gasteiger partial charge in [-0.1, -0.05) is 6.07 Å². The predicted molar refractivity (Wildman–Crippen MR) is 67.9 cm³/mol. The summed E-state index contributed by atoms with van der Waals surface area (Å²) in [6, 6.07) is 4.49. The summed E-state index contributed by atoms with van der Waals surface area (Å²) < 4.78 is 13.7. The van der Waals surface area contributed by atoms with Crippen molar-refractivity contribution in [2.45, 2.75) is 50.8 Å². The Bertz CT molecular complexity index is 403. The van der Waals surface area contributed by atoms with Crippen LogP contribution in [0.5, 0.6) is 5.75 Å². The number of aromatic hydroxyl groups is 1. The van der Waals surface area contributed by atoms with Crippen LogP contribution in [0.4, 0.5) is 4.39 Å². The topological polar surface area (TPSA) is 52.5 Å². The second kappa shape index (κ2) is 5.67. The predicted octanol–water partition coefficient (Wildman–Crippen LogP) is 2.49. The zero-order valence-electron chi connectivity index (χ0n) is 10.6. The van der Waals surface area contributed by atoms with Crippen molar-refractivity contribution in [3.05, 3.63) is 29.6 Å². The van der Waals surface area contributed by atoms with Crippen molar-refractivity contribution in [2.75, 3.05) is 0 Å². The third-order valence-corrected chi connectivity index (χ3v) is 3.63. The van der Waals surface area contributed by atoms with E-state index in [2.05, 4.69) is 5.32 Å². The van der Waals surface area contributed by atoms with Crippen molar-refractivity contribution in [1.82, 2.24) is 5.32 Å². The molecule has 0 heterocycles. The van der Waals surface area contributed by atoms with E-state index >= 15 is 0 Å². The fraction of sp³-hybridized carbons (Fsp3) is 0.571. The Kier molecular flexibility index (Phi) is 4.19. The summed E-state index contributed by atoms with van der Waals surface area (Å²) in [7, 11) is 0. The Morgan fingerprint density at radius 1 is 1.28 bits per heavy atom. The molecule has 0 aliphatic heterocycles. The van der Waals surface area contributed by atoms with Gasteiger partial charge in [0.2, 0.25) is 0 Å². The number of phenols is 1. The van der Waals surface area contributed by atoms with Crippen LogP contribution in [0.15, 0.2) is 18.2 Å². The number of hydrogen-bond donors (Lipinski definition) is 3. The quantitative estimate of drug-likeness (QED) is 0.775.